The van der Waals surface area contributed by atoms with Gasteiger partial charge in [0.25, 0.3) is 0 Å². The number of nitrogens with one attached hydrogen (secondary N) is 1. The zero-order chi connectivity index (χ0) is 14.5. The monoisotopic (exact) mass is 276 g/mol. The molecule has 1 saturated heterocycles. The first kappa shape index (κ1) is 14.4. The van der Waals surface area contributed by atoms with E-state index in [4.69, 9.17) is 11.0 Å². The maximum atomic E-state index is 13.2. The van der Waals surface area contributed by atoms with Crippen LogP contribution in [0, 0.1) is 17.1 Å². The molecule has 0 radical (unpaired) electrons. The highest BCUT2D eigenvalue weighted by Crippen LogP contribution is 2.14. The van der Waals surface area contributed by atoms with Crippen LogP contribution in [-0.2, 0) is 4.79 Å². The summed E-state index contributed by atoms with van der Waals surface area (Å²) in [6, 6.07) is 5.92. The Kier molecular flexibility index (Phi) is 4.66. The Hall–Kier alpha value is -1.97. The Morgan fingerprint density at radius 3 is 2.85 bits per heavy atom. The number of carbonyl (C=O) groups is 1. The van der Waals surface area contributed by atoms with Gasteiger partial charge in [-0.15, -0.1) is 0 Å². The molecular weight excluding hydrogens is 259 g/mol. The normalized spacial score (nSPS) is 16.6. The highest BCUT2D eigenvalue weighted by Gasteiger charge is 2.18. The first-order valence-corrected chi connectivity index (χ1v) is 6.56. The third-order valence-electron chi connectivity index (χ3n) is 3.37. The number of amides is 1. The predicted octanol–water partition coefficient (Wildman–Crippen LogP) is 1.06. The number of piperidine rings is 1. The van der Waals surface area contributed by atoms with Gasteiger partial charge in [-0.1, -0.05) is 0 Å². The summed E-state index contributed by atoms with van der Waals surface area (Å²) < 4.78 is 13.2. The molecule has 1 aromatic carbocycles. The Morgan fingerprint density at radius 2 is 2.20 bits per heavy atom. The van der Waals surface area contributed by atoms with E-state index >= 15 is 0 Å². The van der Waals surface area contributed by atoms with Gasteiger partial charge in [-0.3, -0.25) is 9.69 Å². The van der Waals surface area contributed by atoms with Gasteiger partial charge in [0.1, 0.15) is 11.9 Å². The van der Waals surface area contributed by atoms with Crippen LogP contribution in [0.5, 0.6) is 0 Å². The molecule has 0 spiro atoms. The number of nitrogens with two attached hydrogens (primary N) is 1. The molecule has 5 nitrogen and oxygen atoms in total. The van der Waals surface area contributed by atoms with E-state index in [9.17, 15) is 9.18 Å². The van der Waals surface area contributed by atoms with Crippen molar-refractivity contribution in [3.05, 3.63) is 29.6 Å². The molecular formula is C14H17FN4O. The lowest BCUT2D eigenvalue weighted by Crippen LogP contribution is -2.43. The average molecular weight is 276 g/mol. The van der Waals surface area contributed by atoms with Crippen LogP contribution in [0.3, 0.4) is 0 Å². The number of halogens is 1. The summed E-state index contributed by atoms with van der Waals surface area (Å²) in [6.07, 6.45) is 1.78. The fourth-order valence-electron chi connectivity index (χ4n) is 2.20. The van der Waals surface area contributed by atoms with Gasteiger partial charge in [-0.25, -0.2) is 4.39 Å². The number of nitrogens with zero attached hydrogens (tertiary/aromatic N) is 2. The molecule has 1 aliphatic heterocycles. The third kappa shape index (κ3) is 3.76. The standard InChI is InChI=1S/C14H17FN4O/c15-13-2-1-12(7-10(13)8-16)18-14(20)9-19-5-3-11(17)4-6-19/h1-2,7,11H,3-6,9,17H2,(H,18,20). The van der Waals surface area contributed by atoms with Crippen LogP contribution in [0.1, 0.15) is 18.4 Å². The maximum absolute atomic E-state index is 13.2. The quantitative estimate of drug-likeness (QED) is 0.864. The summed E-state index contributed by atoms with van der Waals surface area (Å²) in [5.74, 6) is -0.758. The van der Waals surface area contributed by atoms with Crippen molar-refractivity contribution >= 4 is 11.6 Å². The van der Waals surface area contributed by atoms with Crippen LogP contribution in [0.4, 0.5) is 10.1 Å². The van der Waals surface area contributed by atoms with Gasteiger partial charge in [-0.2, -0.15) is 5.26 Å². The number of rotatable bonds is 3. The van der Waals surface area contributed by atoms with Crippen molar-refractivity contribution in [2.75, 3.05) is 25.0 Å². The number of carbonyl (C=O) groups excluding carboxylic acids is 1. The van der Waals surface area contributed by atoms with Crippen LogP contribution in [-0.4, -0.2) is 36.5 Å². The molecule has 0 saturated carbocycles. The fourth-order valence-corrected chi connectivity index (χ4v) is 2.20. The minimum absolute atomic E-state index is 0.0771. The van der Waals surface area contributed by atoms with Crippen LogP contribution in [0.2, 0.25) is 0 Å². The van der Waals surface area contributed by atoms with Crippen LogP contribution in [0.15, 0.2) is 18.2 Å². The largest absolute Gasteiger partial charge is 0.328 e. The van der Waals surface area contributed by atoms with Gasteiger partial charge in [0, 0.05) is 24.8 Å². The van der Waals surface area contributed by atoms with Gasteiger partial charge in [0.05, 0.1) is 12.1 Å². The lowest BCUT2D eigenvalue weighted by molar-refractivity contribution is -0.117. The number of nitriles is 1. The van der Waals surface area contributed by atoms with Crippen LogP contribution < -0.4 is 11.1 Å². The van der Waals surface area contributed by atoms with Crippen LogP contribution in [0.25, 0.3) is 0 Å². The summed E-state index contributed by atoms with van der Waals surface area (Å²) in [7, 11) is 0. The molecule has 1 heterocycles. The topological polar surface area (TPSA) is 82.2 Å². The second kappa shape index (κ2) is 6.46. The van der Waals surface area contributed by atoms with Gasteiger partial charge in [0.2, 0.25) is 5.91 Å². The van der Waals surface area contributed by atoms with Crippen molar-refractivity contribution < 1.29 is 9.18 Å². The average Bonchev–Trinajstić information content (AvgIpc) is 2.43. The summed E-state index contributed by atoms with van der Waals surface area (Å²) in [5.41, 5.74) is 6.16. The molecule has 20 heavy (non-hydrogen) atoms. The van der Waals surface area contributed by atoms with Gasteiger partial charge >= 0.3 is 0 Å². The number of hydrogen-bond donors (Lipinski definition) is 2. The zero-order valence-electron chi connectivity index (χ0n) is 11.1. The summed E-state index contributed by atoms with van der Waals surface area (Å²) in [5, 5.41) is 11.4. The Morgan fingerprint density at radius 1 is 1.50 bits per heavy atom. The molecule has 1 fully saturated rings. The Labute approximate surface area is 117 Å². The van der Waals surface area contributed by atoms with Crippen molar-refractivity contribution in [2.45, 2.75) is 18.9 Å². The molecule has 3 N–H and O–H groups in total. The Bertz CT molecular complexity index is 532. The lowest BCUT2D eigenvalue weighted by Gasteiger charge is -2.29. The summed E-state index contributed by atoms with van der Waals surface area (Å²) in [6.45, 7) is 1.90. The molecule has 1 amide bonds. The molecule has 1 aliphatic rings. The molecule has 0 unspecified atom stereocenters. The number of benzene rings is 1. The molecule has 0 aliphatic carbocycles. The van der Waals surface area contributed by atoms with E-state index in [1.807, 2.05) is 4.90 Å². The SMILES string of the molecule is N#Cc1cc(NC(=O)CN2CCC(N)CC2)ccc1F. The summed E-state index contributed by atoms with van der Waals surface area (Å²) >= 11 is 0. The van der Waals surface area contributed by atoms with Gasteiger partial charge < -0.3 is 11.1 Å². The highest BCUT2D eigenvalue weighted by atomic mass is 19.1. The zero-order valence-corrected chi connectivity index (χ0v) is 11.1. The summed E-state index contributed by atoms with van der Waals surface area (Å²) in [4.78, 5) is 13.9. The van der Waals surface area contributed by atoms with Gasteiger partial charge in [-0.05, 0) is 31.0 Å². The van der Waals surface area contributed by atoms with Crippen molar-refractivity contribution in [2.24, 2.45) is 5.73 Å². The van der Waals surface area contributed by atoms with Crippen molar-refractivity contribution in [1.29, 1.82) is 5.26 Å². The fraction of sp³-hybridized carbons (Fsp3) is 0.429. The van der Waals surface area contributed by atoms with Gasteiger partial charge in [0.15, 0.2) is 0 Å². The second-order valence-electron chi connectivity index (χ2n) is 4.97. The van der Waals surface area contributed by atoms with E-state index < -0.39 is 5.82 Å². The van der Waals surface area contributed by atoms with E-state index in [0.29, 0.717) is 5.69 Å². The molecule has 0 atom stereocenters. The highest BCUT2D eigenvalue weighted by molar-refractivity contribution is 5.92. The molecule has 1 aromatic rings. The molecule has 0 bridgehead atoms. The maximum Gasteiger partial charge on any atom is 0.238 e. The third-order valence-corrected chi connectivity index (χ3v) is 3.37. The molecule has 6 heteroatoms. The van der Waals surface area contributed by atoms with E-state index in [1.165, 1.54) is 18.2 Å². The molecule has 2 rings (SSSR count). The van der Waals surface area contributed by atoms with Crippen molar-refractivity contribution in [3.63, 3.8) is 0 Å². The van der Waals surface area contributed by atoms with Crippen molar-refractivity contribution in [3.8, 4) is 6.07 Å². The van der Waals surface area contributed by atoms with E-state index in [2.05, 4.69) is 5.32 Å². The van der Waals surface area contributed by atoms with Crippen LogP contribution >= 0.6 is 0 Å². The number of anilines is 1. The first-order chi connectivity index (χ1) is 9.58. The van der Waals surface area contributed by atoms with E-state index in [1.54, 1.807) is 6.07 Å². The Balaban J connectivity index is 1.90. The molecule has 106 valence electrons. The number of hydrogen-bond acceptors (Lipinski definition) is 4. The van der Waals surface area contributed by atoms with Crippen molar-refractivity contribution in [1.82, 2.24) is 4.90 Å². The molecule has 0 aromatic heterocycles. The second-order valence-corrected chi connectivity index (χ2v) is 4.97. The van der Waals surface area contributed by atoms with E-state index in [-0.39, 0.29) is 24.1 Å². The van der Waals surface area contributed by atoms with E-state index in [0.717, 1.165) is 25.9 Å². The minimum Gasteiger partial charge on any atom is -0.328 e. The first-order valence-electron chi connectivity index (χ1n) is 6.56. The smallest absolute Gasteiger partial charge is 0.238 e. The lowest BCUT2D eigenvalue weighted by atomic mass is 10.1. The predicted molar refractivity (Wildman–Crippen MR) is 73.4 cm³/mol. The minimum atomic E-state index is -0.587. The number of likely N-dealkylation sites (tertiary alicyclic amines) is 1.